The van der Waals surface area contributed by atoms with Gasteiger partial charge in [0.15, 0.2) is 0 Å². The van der Waals surface area contributed by atoms with Crippen molar-refractivity contribution in [1.29, 1.82) is 5.26 Å². The van der Waals surface area contributed by atoms with Gasteiger partial charge in [0, 0.05) is 31.9 Å². The van der Waals surface area contributed by atoms with Crippen molar-refractivity contribution in [2.24, 2.45) is 0 Å². The number of hydrogen-bond donors (Lipinski definition) is 0. The lowest BCUT2D eigenvalue weighted by atomic mass is 10.2. The van der Waals surface area contributed by atoms with Crippen LogP contribution in [0, 0.1) is 17.1 Å². The van der Waals surface area contributed by atoms with Crippen LogP contribution in [0.2, 0.25) is 0 Å². The van der Waals surface area contributed by atoms with Crippen LogP contribution in [0.3, 0.4) is 0 Å². The van der Waals surface area contributed by atoms with Crippen molar-refractivity contribution in [1.82, 2.24) is 0 Å². The molecule has 4 heteroatoms. The number of hydrogen-bond acceptors (Lipinski definition) is 3. The zero-order valence-electron chi connectivity index (χ0n) is 10.7. The number of rotatable bonds is 3. The predicted octanol–water partition coefficient (Wildman–Crippen LogP) is 3.56. The fourth-order valence-electron chi connectivity index (χ4n) is 1.65. The standard InChI is InChI=1S/C15H13FN2O/c1-18(2)13-4-3-5-14(9-13)19-15-7-11(10-17)6-12(16)8-15/h3-9H,1-2H3. The first-order valence-electron chi connectivity index (χ1n) is 5.74. The first-order chi connectivity index (χ1) is 9.08. The summed E-state index contributed by atoms with van der Waals surface area (Å²) in [4.78, 5) is 1.94. The van der Waals surface area contributed by atoms with Crippen LogP contribution in [0.15, 0.2) is 42.5 Å². The molecule has 0 heterocycles. The molecular weight excluding hydrogens is 243 g/mol. The van der Waals surface area contributed by atoms with Crippen LogP contribution in [-0.2, 0) is 0 Å². The molecule has 0 N–H and O–H groups in total. The first-order valence-corrected chi connectivity index (χ1v) is 5.74. The van der Waals surface area contributed by atoms with Gasteiger partial charge in [0.25, 0.3) is 0 Å². The molecule has 0 aliphatic heterocycles. The molecule has 0 aliphatic carbocycles. The second-order valence-electron chi connectivity index (χ2n) is 4.28. The average Bonchev–Trinajstić information content (AvgIpc) is 2.38. The molecule has 0 aromatic heterocycles. The lowest BCUT2D eigenvalue weighted by Crippen LogP contribution is -2.08. The summed E-state index contributed by atoms with van der Waals surface area (Å²) >= 11 is 0. The van der Waals surface area contributed by atoms with Crippen LogP contribution in [0.5, 0.6) is 11.5 Å². The van der Waals surface area contributed by atoms with Crippen LogP contribution >= 0.6 is 0 Å². The lowest BCUT2D eigenvalue weighted by Gasteiger charge is -2.14. The Balaban J connectivity index is 2.28. The Bertz CT molecular complexity index is 632. The van der Waals surface area contributed by atoms with E-state index in [0.717, 1.165) is 5.69 Å². The molecule has 0 amide bonds. The highest BCUT2D eigenvalue weighted by Crippen LogP contribution is 2.26. The summed E-state index contributed by atoms with van der Waals surface area (Å²) < 4.78 is 18.9. The van der Waals surface area contributed by atoms with Gasteiger partial charge in [-0.2, -0.15) is 5.26 Å². The summed E-state index contributed by atoms with van der Waals surface area (Å²) in [6.07, 6.45) is 0. The van der Waals surface area contributed by atoms with Crippen LogP contribution < -0.4 is 9.64 Å². The van der Waals surface area contributed by atoms with Crippen LogP contribution in [-0.4, -0.2) is 14.1 Å². The van der Waals surface area contributed by atoms with E-state index in [0.29, 0.717) is 11.5 Å². The molecule has 0 aliphatic rings. The van der Waals surface area contributed by atoms with E-state index in [-0.39, 0.29) is 5.56 Å². The van der Waals surface area contributed by atoms with Gasteiger partial charge in [-0.25, -0.2) is 4.39 Å². The number of anilines is 1. The van der Waals surface area contributed by atoms with Gasteiger partial charge >= 0.3 is 0 Å². The Kier molecular flexibility index (Phi) is 3.67. The summed E-state index contributed by atoms with van der Waals surface area (Å²) in [7, 11) is 3.85. The van der Waals surface area contributed by atoms with E-state index < -0.39 is 5.82 Å². The molecular formula is C15H13FN2O. The number of nitriles is 1. The zero-order chi connectivity index (χ0) is 13.8. The van der Waals surface area contributed by atoms with Gasteiger partial charge in [0.05, 0.1) is 11.6 Å². The van der Waals surface area contributed by atoms with Gasteiger partial charge in [0.2, 0.25) is 0 Å². The number of benzene rings is 2. The zero-order valence-corrected chi connectivity index (χ0v) is 10.7. The maximum atomic E-state index is 13.3. The number of halogens is 1. The second kappa shape index (κ2) is 5.40. The molecule has 0 radical (unpaired) electrons. The molecule has 2 aromatic rings. The summed E-state index contributed by atoms with van der Waals surface area (Å²) in [5.41, 5.74) is 1.22. The third-order valence-electron chi connectivity index (χ3n) is 2.57. The van der Waals surface area contributed by atoms with E-state index in [4.69, 9.17) is 10.00 Å². The molecule has 0 atom stereocenters. The third-order valence-corrected chi connectivity index (χ3v) is 2.57. The maximum Gasteiger partial charge on any atom is 0.131 e. The first kappa shape index (κ1) is 12.9. The third kappa shape index (κ3) is 3.23. The highest BCUT2D eigenvalue weighted by Gasteiger charge is 2.04. The van der Waals surface area contributed by atoms with Crippen molar-refractivity contribution in [3.8, 4) is 17.6 Å². The van der Waals surface area contributed by atoms with Crippen molar-refractivity contribution >= 4 is 5.69 Å². The minimum Gasteiger partial charge on any atom is -0.457 e. The molecule has 0 saturated heterocycles. The van der Waals surface area contributed by atoms with Crippen LogP contribution in [0.4, 0.5) is 10.1 Å². The predicted molar refractivity (Wildman–Crippen MR) is 72.0 cm³/mol. The fourth-order valence-corrected chi connectivity index (χ4v) is 1.65. The summed E-state index contributed by atoms with van der Waals surface area (Å²) in [6, 6.07) is 13.2. The largest absolute Gasteiger partial charge is 0.457 e. The Morgan fingerprint density at radius 2 is 1.89 bits per heavy atom. The quantitative estimate of drug-likeness (QED) is 0.842. The van der Waals surface area contributed by atoms with E-state index in [1.54, 1.807) is 6.07 Å². The monoisotopic (exact) mass is 256 g/mol. The Hall–Kier alpha value is -2.54. The highest BCUT2D eigenvalue weighted by atomic mass is 19.1. The van der Waals surface area contributed by atoms with Gasteiger partial charge in [0.1, 0.15) is 17.3 Å². The van der Waals surface area contributed by atoms with Gasteiger partial charge in [-0.1, -0.05) is 6.07 Å². The average molecular weight is 256 g/mol. The number of ether oxygens (including phenoxy) is 1. The van der Waals surface area contributed by atoms with Crippen LogP contribution in [0.25, 0.3) is 0 Å². The molecule has 96 valence electrons. The minimum absolute atomic E-state index is 0.235. The molecule has 19 heavy (non-hydrogen) atoms. The van der Waals surface area contributed by atoms with E-state index >= 15 is 0 Å². The Morgan fingerprint density at radius 3 is 2.58 bits per heavy atom. The van der Waals surface area contributed by atoms with Gasteiger partial charge in [-0.05, 0) is 24.3 Å². The molecule has 0 fully saturated rings. The smallest absolute Gasteiger partial charge is 0.131 e. The molecule has 0 saturated carbocycles. The molecule has 0 unspecified atom stereocenters. The highest BCUT2D eigenvalue weighted by molar-refractivity contribution is 5.50. The number of nitrogens with zero attached hydrogens (tertiary/aromatic N) is 2. The minimum atomic E-state index is -0.488. The topological polar surface area (TPSA) is 36.3 Å². The molecule has 2 aromatic carbocycles. The second-order valence-corrected chi connectivity index (χ2v) is 4.28. The van der Waals surface area contributed by atoms with E-state index in [1.807, 2.05) is 43.3 Å². The lowest BCUT2D eigenvalue weighted by molar-refractivity contribution is 0.476. The van der Waals surface area contributed by atoms with Crippen molar-refractivity contribution in [3.05, 3.63) is 53.8 Å². The molecule has 2 rings (SSSR count). The normalized spacial score (nSPS) is 9.79. The molecule has 3 nitrogen and oxygen atoms in total. The van der Waals surface area contributed by atoms with Crippen molar-refractivity contribution in [3.63, 3.8) is 0 Å². The van der Waals surface area contributed by atoms with Crippen molar-refractivity contribution in [2.45, 2.75) is 0 Å². The van der Waals surface area contributed by atoms with Gasteiger partial charge in [-0.15, -0.1) is 0 Å². The summed E-state index contributed by atoms with van der Waals surface area (Å²) in [5, 5.41) is 8.79. The van der Waals surface area contributed by atoms with Crippen molar-refractivity contribution in [2.75, 3.05) is 19.0 Å². The molecule has 0 bridgehead atoms. The molecule has 0 spiro atoms. The summed E-state index contributed by atoms with van der Waals surface area (Å²) in [6.45, 7) is 0. The fraction of sp³-hybridized carbons (Fsp3) is 0.133. The van der Waals surface area contributed by atoms with E-state index in [9.17, 15) is 4.39 Å². The van der Waals surface area contributed by atoms with E-state index in [2.05, 4.69) is 0 Å². The SMILES string of the molecule is CN(C)c1cccc(Oc2cc(F)cc(C#N)c2)c1. The maximum absolute atomic E-state index is 13.3. The Labute approximate surface area is 111 Å². The van der Waals surface area contributed by atoms with E-state index in [1.165, 1.54) is 18.2 Å². The van der Waals surface area contributed by atoms with Crippen LogP contribution in [0.1, 0.15) is 5.56 Å². The summed E-state index contributed by atoms with van der Waals surface area (Å²) in [5.74, 6) is 0.422. The Morgan fingerprint density at radius 1 is 1.11 bits per heavy atom. The van der Waals surface area contributed by atoms with Gasteiger partial charge in [-0.3, -0.25) is 0 Å². The van der Waals surface area contributed by atoms with Crippen molar-refractivity contribution < 1.29 is 9.13 Å². The van der Waals surface area contributed by atoms with Gasteiger partial charge < -0.3 is 9.64 Å².